The summed E-state index contributed by atoms with van der Waals surface area (Å²) in [6.07, 6.45) is 0. The maximum absolute atomic E-state index is 13.3. The Bertz CT molecular complexity index is 1050. The van der Waals surface area contributed by atoms with Crippen LogP contribution in [0.15, 0.2) is 72.8 Å². The molecule has 0 unspecified atom stereocenters. The number of morpholine rings is 1. The fourth-order valence-electron chi connectivity index (χ4n) is 3.80. The fourth-order valence-corrected chi connectivity index (χ4v) is 3.80. The van der Waals surface area contributed by atoms with Crippen LogP contribution in [-0.4, -0.2) is 44.2 Å². The van der Waals surface area contributed by atoms with E-state index in [0.717, 1.165) is 29.9 Å². The Morgan fingerprint density at radius 2 is 1.69 bits per heavy atom. The van der Waals surface area contributed by atoms with Gasteiger partial charge in [-0.05, 0) is 41.5 Å². The average Bonchev–Trinajstić information content (AvgIpc) is 2.84. The van der Waals surface area contributed by atoms with Crippen LogP contribution in [0, 0.1) is 5.82 Å². The van der Waals surface area contributed by atoms with E-state index in [2.05, 4.69) is 17.0 Å². The van der Waals surface area contributed by atoms with Crippen LogP contribution in [0.1, 0.15) is 21.5 Å². The minimum absolute atomic E-state index is 0.114. The number of anilines is 1. The van der Waals surface area contributed by atoms with Crippen molar-refractivity contribution in [3.05, 3.63) is 95.3 Å². The van der Waals surface area contributed by atoms with Crippen molar-refractivity contribution in [2.75, 3.05) is 38.3 Å². The zero-order valence-electron chi connectivity index (χ0n) is 18.2. The van der Waals surface area contributed by atoms with Crippen molar-refractivity contribution in [3.63, 3.8) is 0 Å². The topological polar surface area (TPSA) is 42.0 Å². The lowest BCUT2D eigenvalue weighted by atomic mass is 10.1. The number of para-hydroxylation sites is 2. The second-order valence-electron chi connectivity index (χ2n) is 7.80. The number of rotatable bonds is 7. The van der Waals surface area contributed by atoms with Gasteiger partial charge in [-0.25, -0.2) is 4.39 Å². The molecule has 6 heteroatoms. The summed E-state index contributed by atoms with van der Waals surface area (Å²) in [7, 11) is 1.80. The van der Waals surface area contributed by atoms with E-state index in [0.29, 0.717) is 31.1 Å². The van der Waals surface area contributed by atoms with Crippen molar-refractivity contribution in [2.24, 2.45) is 0 Å². The predicted octanol–water partition coefficient (Wildman–Crippen LogP) is 4.51. The molecule has 3 aromatic carbocycles. The molecular formula is C26H27FN2O3. The first kappa shape index (κ1) is 21.8. The quantitative estimate of drug-likeness (QED) is 0.549. The third-order valence-corrected chi connectivity index (χ3v) is 5.52. The van der Waals surface area contributed by atoms with E-state index in [1.165, 1.54) is 12.1 Å². The van der Waals surface area contributed by atoms with Gasteiger partial charge in [-0.15, -0.1) is 0 Å². The lowest BCUT2D eigenvalue weighted by molar-refractivity contribution is 0.0780. The van der Waals surface area contributed by atoms with Gasteiger partial charge in [0.25, 0.3) is 5.91 Å². The van der Waals surface area contributed by atoms with Gasteiger partial charge in [-0.3, -0.25) is 4.79 Å². The van der Waals surface area contributed by atoms with E-state index < -0.39 is 0 Å². The first-order valence-corrected chi connectivity index (χ1v) is 10.7. The van der Waals surface area contributed by atoms with Crippen LogP contribution in [0.3, 0.4) is 0 Å². The number of halogens is 1. The van der Waals surface area contributed by atoms with Gasteiger partial charge in [0.1, 0.15) is 18.2 Å². The number of hydrogen-bond acceptors (Lipinski definition) is 4. The minimum Gasteiger partial charge on any atom is -0.488 e. The molecule has 1 fully saturated rings. The Kier molecular flexibility index (Phi) is 7.02. The van der Waals surface area contributed by atoms with Gasteiger partial charge < -0.3 is 19.3 Å². The number of ether oxygens (including phenoxy) is 2. The highest BCUT2D eigenvalue weighted by molar-refractivity contribution is 5.96. The van der Waals surface area contributed by atoms with E-state index in [9.17, 15) is 9.18 Å². The molecule has 0 bridgehead atoms. The Morgan fingerprint density at radius 3 is 2.47 bits per heavy atom. The van der Waals surface area contributed by atoms with E-state index in [1.807, 2.05) is 24.3 Å². The largest absolute Gasteiger partial charge is 0.488 e. The third-order valence-electron chi connectivity index (χ3n) is 5.52. The number of hydrogen-bond donors (Lipinski definition) is 0. The van der Waals surface area contributed by atoms with Gasteiger partial charge in [0.2, 0.25) is 0 Å². The molecule has 5 nitrogen and oxygen atoms in total. The molecule has 1 aliphatic rings. The Labute approximate surface area is 188 Å². The fraction of sp³-hybridized carbons (Fsp3) is 0.269. The van der Waals surface area contributed by atoms with Crippen LogP contribution in [0.2, 0.25) is 0 Å². The van der Waals surface area contributed by atoms with Crippen molar-refractivity contribution in [3.8, 4) is 5.75 Å². The maximum atomic E-state index is 13.3. The Morgan fingerprint density at radius 1 is 1.00 bits per heavy atom. The van der Waals surface area contributed by atoms with Crippen molar-refractivity contribution in [1.82, 2.24) is 4.90 Å². The molecule has 0 spiro atoms. The summed E-state index contributed by atoms with van der Waals surface area (Å²) >= 11 is 0. The van der Waals surface area contributed by atoms with E-state index >= 15 is 0 Å². The van der Waals surface area contributed by atoms with E-state index in [-0.39, 0.29) is 18.3 Å². The monoisotopic (exact) mass is 434 g/mol. The molecule has 0 aliphatic carbocycles. The van der Waals surface area contributed by atoms with Gasteiger partial charge in [-0.1, -0.05) is 42.5 Å². The van der Waals surface area contributed by atoms with Crippen molar-refractivity contribution in [2.45, 2.75) is 13.2 Å². The predicted molar refractivity (Wildman–Crippen MR) is 122 cm³/mol. The molecule has 1 heterocycles. The molecule has 166 valence electrons. The summed E-state index contributed by atoms with van der Waals surface area (Å²) in [5.41, 5.74) is 3.56. The SMILES string of the molecule is CN(Cc1ccccc1N1CCOCC1)C(=O)c1ccccc1OCc1ccc(F)cc1. The Hall–Kier alpha value is -3.38. The molecule has 1 amide bonds. The molecule has 0 N–H and O–H groups in total. The molecule has 1 saturated heterocycles. The Balaban J connectivity index is 1.47. The van der Waals surface area contributed by atoms with Crippen LogP contribution in [-0.2, 0) is 17.9 Å². The van der Waals surface area contributed by atoms with Crippen molar-refractivity contribution in [1.29, 1.82) is 0 Å². The van der Waals surface area contributed by atoms with Gasteiger partial charge in [0.15, 0.2) is 0 Å². The molecule has 32 heavy (non-hydrogen) atoms. The molecular weight excluding hydrogens is 407 g/mol. The molecule has 3 aromatic rings. The summed E-state index contributed by atoms with van der Waals surface area (Å²) in [6, 6.07) is 21.5. The van der Waals surface area contributed by atoms with Crippen molar-refractivity contribution < 1.29 is 18.7 Å². The number of carbonyl (C=O) groups is 1. The highest BCUT2D eigenvalue weighted by Crippen LogP contribution is 2.25. The summed E-state index contributed by atoms with van der Waals surface area (Å²) in [4.78, 5) is 17.3. The molecule has 0 atom stereocenters. The zero-order chi connectivity index (χ0) is 22.3. The smallest absolute Gasteiger partial charge is 0.257 e. The van der Waals surface area contributed by atoms with Gasteiger partial charge in [0, 0.05) is 32.4 Å². The van der Waals surface area contributed by atoms with Crippen molar-refractivity contribution >= 4 is 11.6 Å². The first-order valence-electron chi connectivity index (χ1n) is 10.7. The maximum Gasteiger partial charge on any atom is 0.257 e. The van der Waals surface area contributed by atoms with Crippen LogP contribution in [0.4, 0.5) is 10.1 Å². The molecule has 0 radical (unpaired) electrons. The van der Waals surface area contributed by atoms with Crippen LogP contribution in [0.5, 0.6) is 5.75 Å². The van der Waals surface area contributed by atoms with E-state index in [1.54, 1.807) is 36.2 Å². The molecule has 0 aromatic heterocycles. The van der Waals surface area contributed by atoms with Crippen LogP contribution in [0.25, 0.3) is 0 Å². The average molecular weight is 435 g/mol. The highest BCUT2D eigenvalue weighted by Gasteiger charge is 2.20. The van der Waals surface area contributed by atoms with Gasteiger partial charge >= 0.3 is 0 Å². The number of nitrogens with zero attached hydrogens (tertiary/aromatic N) is 2. The lowest BCUT2D eigenvalue weighted by Crippen LogP contribution is -2.37. The second-order valence-corrected chi connectivity index (χ2v) is 7.80. The number of amides is 1. The minimum atomic E-state index is -0.289. The summed E-state index contributed by atoms with van der Waals surface area (Å²) < 4.78 is 24.5. The lowest BCUT2D eigenvalue weighted by Gasteiger charge is -2.31. The molecule has 0 saturated carbocycles. The van der Waals surface area contributed by atoms with E-state index in [4.69, 9.17) is 9.47 Å². The second kappa shape index (κ2) is 10.3. The molecule has 1 aliphatic heterocycles. The highest BCUT2D eigenvalue weighted by atomic mass is 19.1. The van der Waals surface area contributed by atoms with Crippen LogP contribution >= 0.6 is 0 Å². The third kappa shape index (κ3) is 5.26. The summed E-state index contributed by atoms with van der Waals surface area (Å²) in [5, 5.41) is 0. The van der Waals surface area contributed by atoms with Gasteiger partial charge in [-0.2, -0.15) is 0 Å². The standard InChI is InChI=1S/C26H27FN2O3/c1-28(18-21-6-2-4-8-24(21)29-14-16-31-17-15-29)26(30)23-7-3-5-9-25(23)32-19-20-10-12-22(27)13-11-20/h2-13H,14-19H2,1H3. The number of carbonyl (C=O) groups excluding carboxylic acids is 1. The normalized spacial score (nSPS) is 13.6. The summed E-state index contributed by atoms with van der Waals surface area (Å²) in [5.74, 6) is 0.106. The summed E-state index contributed by atoms with van der Waals surface area (Å²) in [6.45, 7) is 3.85. The zero-order valence-corrected chi connectivity index (χ0v) is 18.2. The first-order chi connectivity index (χ1) is 15.6. The molecule has 4 rings (SSSR count). The van der Waals surface area contributed by atoms with Gasteiger partial charge in [0.05, 0.1) is 18.8 Å². The van der Waals surface area contributed by atoms with Crippen LogP contribution < -0.4 is 9.64 Å². The number of benzene rings is 3.